The molecule has 0 aliphatic heterocycles. The van der Waals surface area contributed by atoms with Gasteiger partial charge < -0.3 is 0 Å². The first kappa shape index (κ1) is 15.3. The molecular weight excluding hydrogens is 248 g/mol. The molecular formula is C18H26O2. The van der Waals surface area contributed by atoms with Crippen molar-refractivity contribution in [1.29, 1.82) is 0 Å². The largest absolute Gasteiger partial charge is 0.300 e. The summed E-state index contributed by atoms with van der Waals surface area (Å²) >= 11 is 0. The lowest BCUT2D eigenvalue weighted by molar-refractivity contribution is -0.122. The standard InChI is InChI=1S/C18H26O2/c1-13(19)17-9-5-15(6-10-17)3-4-16-7-11-18(12-8-16)14(2)20/h15-18H,5-12H2,1-2H3. The number of hydrogen-bond donors (Lipinski definition) is 0. The third-order valence-electron chi connectivity index (χ3n) is 5.10. The maximum atomic E-state index is 11.3. The Morgan fingerprint density at radius 2 is 0.950 bits per heavy atom. The third kappa shape index (κ3) is 4.20. The molecule has 2 heteroatoms. The van der Waals surface area contributed by atoms with Gasteiger partial charge in [0.05, 0.1) is 0 Å². The summed E-state index contributed by atoms with van der Waals surface area (Å²) in [6.45, 7) is 3.42. The van der Waals surface area contributed by atoms with E-state index in [1.54, 1.807) is 13.8 Å². The Morgan fingerprint density at radius 1 is 0.650 bits per heavy atom. The molecule has 0 bridgehead atoms. The van der Waals surface area contributed by atoms with Crippen LogP contribution in [0.25, 0.3) is 0 Å². The highest BCUT2D eigenvalue weighted by Gasteiger charge is 2.24. The van der Waals surface area contributed by atoms with E-state index in [-0.39, 0.29) is 0 Å². The lowest BCUT2D eigenvalue weighted by Crippen LogP contribution is -2.20. The average Bonchev–Trinajstić information content (AvgIpc) is 2.46. The zero-order chi connectivity index (χ0) is 14.5. The van der Waals surface area contributed by atoms with Crippen molar-refractivity contribution >= 4 is 11.6 Å². The molecule has 2 rings (SSSR count). The van der Waals surface area contributed by atoms with Gasteiger partial charge in [0.25, 0.3) is 0 Å². The van der Waals surface area contributed by atoms with Gasteiger partial charge in [0.15, 0.2) is 0 Å². The molecule has 2 fully saturated rings. The van der Waals surface area contributed by atoms with Crippen molar-refractivity contribution < 1.29 is 9.59 Å². The van der Waals surface area contributed by atoms with Crippen LogP contribution in [0.2, 0.25) is 0 Å². The van der Waals surface area contributed by atoms with Gasteiger partial charge in [-0.05, 0) is 65.2 Å². The van der Waals surface area contributed by atoms with Crippen molar-refractivity contribution in [1.82, 2.24) is 0 Å². The number of ketones is 2. The molecule has 2 aliphatic rings. The summed E-state index contributed by atoms with van der Waals surface area (Å²) in [5.41, 5.74) is 0. The Morgan fingerprint density at radius 3 is 1.20 bits per heavy atom. The quantitative estimate of drug-likeness (QED) is 0.718. The maximum absolute atomic E-state index is 11.3. The van der Waals surface area contributed by atoms with E-state index in [1.165, 1.54) is 0 Å². The first-order chi connectivity index (χ1) is 9.56. The Balaban J connectivity index is 1.76. The van der Waals surface area contributed by atoms with Crippen molar-refractivity contribution in [2.24, 2.45) is 23.7 Å². The van der Waals surface area contributed by atoms with Crippen molar-refractivity contribution in [3.05, 3.63) is 0 Å². The zero-order valence-electron chi connectivity index (χ0n) is 12.8. The van der Waals surface area contributed by atoms with Crippen molar-refractivity contribution in [2.75, 3.05) is 0 Å². The molecule has 2 nitrogen and oxygen atoms in total. The van der Waals surface area contributed by atoms with E-state index in [4.69, 9.17) is 0 Å². The maximum Gasteiger partial charge on any atom is 0.132 e. The monoisotopic (exact) mass is 274 g/mol. The molecule has 2 saturated carbocycles. The van der Waals surface area contributed by atoms with Gasteiger partial charge in [0.2, 0.25) is 0 Å². The summed E-state index contributed by atoms with van der Waals surface area (Å²) in [5.74, 6) is 9.16. The second-order valence-electron chi connectivity index (χ2n) is 6.61. The topological polar surface area (TPSA) is 34.1 Å². The van der Waals surface area contributed by atoms with Gasteiger partial charge in [-0.3, -0.25) is 9.59 Å². The molecule has 0 amide bonds. The fourth-order valence-corrected chi connectivity index (χ4v) is 3.52. The third-order valence-corrected chi connectivity index (χ3v) is 5.10. The molecule has 0 radical (unpaired) electrons. The molecule has 0 atom stereocenters. The average molecular weight is 274 g/mol. The van der Waals surface area contributed by atoms with E-state index in [9.17, 15) is 9.59 Å². The Bertz CT molecular complexity index is 372. The van der Waals surface area contributed by atoms with Crippen LogP contribution in [-0.4, -0.2) is 11.6 Å². The van der Waals surface area contributed by atoms with Gasteiger partial charge in [-0.2, -0.15) is 0 Å². The predicted molar refractivity (Wildman–Crippen MR) is 80.0 cm³/mol. The van der Waals surface area contributed by atoms with E-state index in [0.717, 1.165) is 51.4 Å². The van der Waals surface area contributed by atoms with E-state index < -0.39 is 0 Å². The van der Waals surface area contributed by atoms with Crippen molar-refractivity contribution in [3.63, 3.8) is 0 Å². The van der Waals surface area contributed by atoms with Gasteiger partial charge in [0, 0.05) is 23.7 Å². The molecule has 0 heterocycles. The normalized spacial score (nSPS) is 33.9. The van der Waals surface area contributed by atoms with Crippen molar-refractivity contribution in [2.45, 2.75) is 65.2 Å². The molecule has 0 saturated heterocycles. The molecule has 0 aromatic carbocycles. The molecule has 0 unspecified atom stereocenters. The van der Waals surface area contributed by atoms with E-state index >= 15 is 0 Å². The van der Waals surface area contributed by atoms with Crippen LogP contribution in [0, 0.1) is 35.5 Å². The number of hydrogen-bond acceptors (Lipinski definition) is 2. The number of carbonyl (C=O) groups is 2. The van der Waals surface area contributed by atoms with Gasteiger partial charge in [-0.25, -0.2) is 0 Å². The number of carbonyl (C=O) groups excluding carboxylic acids is 2. The fraction of sp³-hybridized carbons (Fsp3) is 0.778. The molecule has 0 spiro atoms. The van der Waals surface area contributed by atoms with Crippen LogP contribution in [-0.2, 0) is 9.59 Å². The summed E-state index contributed by atoms with van der Waals surface area (Å²) in [5, 5.41) is 0. The highest BCUT2D eigenvalue weighted by atomic mass is 16.1. The number of Topliss-reactive ketones (excluding diaryl/α,β-unsaturated/α-hetero) is 2. The second kappa shape index (κ2) is 7.07. The first-order valence-corrected chi connectivity index (χ1v) is 8.08. The molecule has 0 N–H and O–H groups in total. The van der Waals surface area contributed by atoms with Gasteiger partial charge in [-0.1, -0.05) is 11.8 Å². The van der Waals surface area contributed by atoms with E-state index in [0.29, 0.717) is 35.2 Å². The minimum absolute atomic E-state index is 0.291. The second-order valence-corrected chi connectivity index (χ2v) is 6.61. The van der Waals surface area contributed by atoms with Crippen LogP contribution in [0.15, 0.2) is 0 Å². The Kier molecular flexibility index (Phi) is 5.40. The van der Waals surface area contributed by atoms with Crippen LogP contribution in [0.1, 0.15) is 65.2 Å². The highest BCUT2D eigenvalue weighted by molar-refractivity contribution is 5.78. The Labute approximate surface area is 122 Å². The minimum atomic E-state index is 0.291. The highest BCUT2D eigenvalue weighted by Crippen LogP contribution is 2.31. The van der Waals surface area contributed by atoms with E-state index in [1.807, 2.05) is 0 Å². The lowest BCUT2D eigenvalue weighted by Gasteiger charge is -2.25. The summed E-state index contributed by atoms with van der Waals surface area (Å²) in [7, 11) is 0. The van der Waals surface area contributed by atoms with Crippen LogP contribution in [0.5, 0.6) is 0 Å². The minimum Gasteiger partial charge on any atom is -0.300 e. The van der Waals surface area contributed by atoms with Crippen LogP contribution < -0.4 is 0 Å². The molecule has 20 heavy (non-hydrogen) atoms. The zero-order valence-corrected chi connectivity index (χ0v) is 12.8. The van der Waals surface area contributed by atoms with Crippen LogP contribution in [0.4, 0.5) is 0 Å². The smallest absolute Gasteiger partial charge is 0.132 e. The molecule has 0 aromatic heterocycles. The van der Waals surface area contributed by atoms with Gasteiger partial charge in [-0.15, -0.1) is 0 Å². The SMILES string of the molecule is CC(=O)C1CCC(C#CC2CCC(C(C)=O)CC2)CC1. The lowest BCUT2D eigenvalue weighted by atomic mass is 9.79. The summed E-state index contributed by atoms with van der Waals surface area (Å²) < 4.78 is 0. The van der Waals surface area contributed by atoms with Crippen molar-refractivity contribution in [3.8, 4) is 11.8 Å². The first-order valence-electron chi connectivity index (χ1n) is 8.08. The predicted octanol–water partition coefficient (Wildman–Crippen LogP) is 3.78. The van der Waals surface area contributed by atoms with Crippen LogP contribution >= 0.6 is 0 Å². The summed E-state index contributed by atoms with van der Waals surface area (Å²) in [6, 6.07) is 0. The Hall–Kier alpha value is -1.10. The fourth-order valence-electron chi connectivity index (χ4n) is 3.52. The van der Waals surface area contributed by atoms with Gasteiger partial charge in [0.1, 0.15) is 11.6 Å². The summed E-state index contributed by atoms with van der Waals surface area (Å²) in [6.07, 6.45) is 8.41. The number of rotatable bonds is 2. The molecule has 0 aromatic rings. The van der Waals surface area contributed by atoms with E-state index in [2.05, 4.69) is 11.8 Å². The molecule has 2 aliphatic carbocycles. The molecule has 110 valence electrons. The van der Waals surface area contributed by atoms with Crippen LogP contribution in [0.3, 0.4) is 0 Å². The van der Waals surface area contributed by atoms with Gasteiger partial charge >= 0.3 is 0 Å². The summed E-state index contributed by atoms with van der Waals surface area (Å²) in [4.78, 5) is 22.7.